The lowest BCUT2D eigenvalue weighted by atomic mass is 10.2. The monoisotopic (exact) mass is 482 g/mol. The van der Waals surface area contributed by atoms with Crippen LogP contribution in [0.25, 0.3) is 9.66 Å². The summed E-state index contributed by atoms with van der Waals surface area (Å²) >= 11 is 12.1. The highest BCUT2D eigenvalue weighted by atomic mass is 32.2. The molecule has 6 heterocycles. The first-order valence-corrected chi connectivity index (χ1v) is 15.6. The van der Waals surface area contributed by atoms with Crippen molar-refractivity contribution in [1.82, 2.24) is 9.97 Å². The summed E-state index contributed by atoms with van der Waals surface area (Å²) in [6.45, 7) is 0. The normalized spacial score (nSPS) is 33.1. The molecular weight excluding hydrogens is 461 g/mol. The minimum atomic E-state index is 0.530. The van der Waals surface area contributed by atoms with Gasteiger partial charge in [0.25, 0.3) is 0 Å². The molecule has 2 aromatic heterocycles. The number of allylic oxidation sites excluding steroid dienone is 2. The van der Waals surface area contributed by atoms with Gasteiger partial charge in [0.2, 0.25) is 0 Å². The van der Waals surface area contributed by atoms with Crippen LogP contribution in [0.3, 0.4) is 0 Å². The number of nitrogens with zero attached hydrogens (tertiary/aromatic N) is 2. The van der Waals surface area contributed by atoms with Gasteiger partial charge in [-0.05, 0) is 54.1 Å². The molecule has 28 heavy (non-hydrogen) atoms. The Kier molecular flexibility index (Phi) is 5.56. The van der Waals surface area contributed by atoms with Gasteiger partial charge in [-0.15, -0.1) is 35.3 Å². The van der Waals surface area contributed by atoms with Crippen molar-refractivity contribution in [3.05, 3.63) is 32.0 Å². The number of rotatable bonds is 4. The van der Waals surface area contributed by atoms with Crippen LogP contribution in [0.1, 0.15) is 59.0 Å². The van der Waals surface area contributed by atoms with E-state index in [1.54, 1.807) is 9.81 Å². The fourth-order valence-corrected chi connectivity index (χ4v) is 12.4. The Balaban J connectivity index is 1.14. The van der Waals surface area contributed by atoms with Crippen molar-refractivity contribution in [1.29, 1.82) is 0 Å². The maximum Gasteiger partial charge on any atom is 0.155 e. The maximum atomic E-state index is 5.04. The molecule has 2 aromatic rings. The Morgan fingerprint density at radius 1 is 0.786 bits per heavy atom. The minimum Gasteiger partial charge on any atom is -0.227 e. The Labute approximate surface area is 191 Å². The molecule has 6 rings (SSSR count). The fourth-order valence-electron chi connectivity index (χ4n) is 4.28. The molecule has 0 aromatic carbocycles. The first-order valence-electron chi connectivity index (χ1n) is 10.1. The first-order chi connectivity index (χ1) is 13.8. The van der Waals surface area contributed by atoms with Crippen molar-refractivity contribution < 1.29 is 0 Å². The molecule has 148 valence electrons. The Morgan fingerprint density at radius 2 is 1.61 bits per heavy atom. The average molecular weight is 483 g/mol. The standard InChI is InChI=1S/C20H22N2S6/c1-3-11(23-9-1)13-5-7-15(25-13)17-21-19-20(27-17)22-18(28-19)16-8-6-14(26-16)12-4-2-10-24-12/h3,6,12-13,15-16H,1-2,4-5,7-10H2. The van der Waals surface area contributed by atoms with Crippen LogP contribution in [-0.2, 0) is 0 Å². The number of thiazole rings is 2. The first kappa shape index (κ1) is 19.1. The van der Waals surface area contributed by atoms with Gasteiger partial charge < -0.3 is 0 Å². The van der Waals surface area contributed by atoms with E-state index in [0.717, 1.165) is 16.9 Å². The summed E-state index contributed by atoms with van der Waals surface area (Å²) in [6.07, 6.45) is 12.7. The molecule has 0 bridgehead atoms. The highest BCUT2D eigenvalue weighted by molar-refractivity contribution is 8.07. The van der Waals surface area contributed by atoms with E-state index in [0.29, 0.717) is 10.5 Å². The van der Waals surface area contributed by atoms with Gasteiger partial charge in [0.15, 0.2) is 9.66 Å². The maximum absolute atomic E-state index is 5.04. The van der Waals surface area contributed by atoms with E-state index in [1.165, 1.54) is 63.3 Å². The lowest BCUT2D eigenvalue weighted by Crippen LogP contribution is -1.96. The van der Waals surface area contributed by atoms with E-state index in [9.17, 15) is 0 Å². The summed E-state index contributed by atoms with van der Waals surface area (Å²) in [7, 11) is 0. The lowest BCUT2D eigenvalue weighted by Gasteiger charge is -2.11. The van der Waals surface area contributed by atoms with Crippen molar-refractivity contribution in [2.24, 2.45) is 0 Å². The summed E-state index contributed by atoms with van der Waals surface area (Å²) in [5, 5.41) is 5.20. The van der Waals surface area contributed by atoms with E-state index in [4.69, 9.17) is 9.97 Å². The van der Waals surface area contributed by atoms with Crippen LogP contribution >= 0.6 is 69.7 Å². The highest BCUT2D eigenvalue weighted by Gasteiger charge is 2.33. The van der Waals surface area contributed by atoms with Crippen LogP contribution < -0.4 is 0 Å². The smallest absolute Gasteiger partial charge is 0.155 e. The predicted molar refractivity (Wildman–Crippen MR) is 132 cm³/mol. The molecule has 0 saturated carbocycles. The van der Waals surface area contributed by atoms with E-state index in [2.05, 4.69) is 59.2 Å². The SMILES string of the molecule is C1=C(C2CCCS2)SC(c2nc3sc(C4CCC(C5=CCCS5)S4)nc3s2)C1. The molecule has 0 spiro atoms. The van der Waals surface area contributed by atoms with Crippen molar-refractivity contribution >= 4 is 79.4 Å². The van der Waals surface area contributed by atoms with Crippen molar-refractivity contribution in [2.45, 2.75) is 59.5 Å². The largest absolute Gasteiger partial charge is 0.227 e. The fraction of sp³-hybridized carbons (Fsp3) is 0.600. The second kappa shape index (κ2) is 8.15. The molecule has 0 N–H and O–H groups in total. The van der Waals surface area contributed by atoms with Crippen LogP contribution in [0, 0.1) is 0 Å². The molecule has 2 nitrogen and oxygen atoms in total. The summed E-state index contributed by atoms with van der Waals surface area (Å²) in [4.78, 5) is 15.7. The topological polar surface area (TPSA) is 25.8 Å². The van der Waals surface area contributed by atoms with Gasteiger partial charge >= 0.3 is 0 Å². The molecule has 4 aliphatic heterocycles. The van der Waals surface area contributed by atoms with Crippen LogP contribution in [0.15, 0.2) is 22.0 Å². The van der Waals surface area contributed by atoms with Crippen LogP contribution in [0.4, 0.5) is 0 Å². The van der Waals surface area contributed by atoms with Gasteiger partial charge in [0, 0.05) is 16.3 Å². The summed E-state index contributed by atoms with van der Waals surface area (Å²) in [5.41, 5.74) is 0. The number of hydrogen-bond acceptors (Lipinski definition) is 8. The lowest BCUT2D eigenvalue weighted by molar-refractivity contribution is 0.789. The molecule has 2 fully saturated rings. The average Bonchev–Trinajstić information content (AvgIpc) is 3.54. The second-order valence-corrected chi connectivity index (χ2v) is 14.8. The van der Waals surface area contributed by atoms with Gasteiger partial charge in [-0.2, -0.15) is 11.8 Å². The summed E-state index contributed by atoms with van der Waals surface area (Å²) in [6, 6.07) is 0. The third kappa shape index (κ3) is 3.64. The summed E-state index contributed by atoms with van der Waals surface area (Å²) in [5.74, 6) is 2.62. The third-order valence-electron chi connectivity index (χ3n) is 5.69. The van der Waals surface area contributed by atoms with E-state index in [1.807, 2.05) is 22.7 Å². The minimum absolute atomic E-state index is 0.530. The van der Waals surface area contributed by atoms with Gasteiger partial charge in [0.05, 0.1) is 10.5 Å². The molecule has 4 aliphatic rings. The number of hydrogen-bond donors (Lipinski definition) is 0. The Bertz CT molecular complexity index is 906. The molecule has 0 radical (unpaired) electrons. The zero-order chi connectivity index (χ0) is 18.5. The zero-order valence-electron chi connectivity index (χ0n) is 15.5. The van der Waals surface area contributed by atoms with E-state index in [-0.39, 0.29) is 0 Å². The van der Waals surface area contributed by atoms with Crippen molar-refractivity contribution in [3.8, 4) is 0 Å². The van der Waals surface area contributed by atoms with Crippen molar-refractivity contribution in [3.63, 3.8) is 0 Å². The number of thioether (sulfide) groups is 4. The summed E-state index contributed by atoms with van der Waals surface area (Å²) < 4.78 is 0. The molecule has 0 aliphatic carbocycles. The van der Waals surface area contributed by atoms with Crippen molar-refractivity contribution in [2.75, 3.05) is 11.5 Å². The molecular formula is C20H22N2S6. The molecule has 4 unspecified atom stereocenters. The number of fused-ring (bicyclic) bond motifs is 1. The highest BCUT2D eigenvalue weighted by Crippen LogP contribution is 2.54. The van der Waals surface area contributed by atoms with E-state index < -0.39 is 0 Å². The Hall–Kier alpha value is 0.400. The van der Waals surface area contributed by atoms with E-state index >= 15 is 0 Å². The molecule has 0 amide bonds. The molecule has 8 heteroatoms. The van der Waals surface area contributed by atoms with Gasteiger partial charge in [-0.1, -0.05) is 34.8 Å². The predicted octanol–water partition coefficient (Wildman–Crippen LogP) is 7.67. The third-order valence-corrected chi connectivity index (χ3v) is 14.2. The van der Waals surface area contributed by atoms with Gasteiger partial charge in [-0.25, -0.2) is 9.97 Å². The number of aromatic nitrogens is 2. The van der Waals surface area contributed by atoms with Crippen LogP contribution in [0.5, 0.6) is 0 Å². The Morgan fingerprint density at radius 3 is 2.36 bits per heavy atom. The molecule has 4 atom stereocenters. The van der Waals surface area contributed by atoms with Gasteiger partial charge in [0.1, 0.15) is 10.0 Å². The second-order valence-electron chi connectivity index (χ2n) is 7.60. The van der Waals surface area contributed by atoms with Crippen LogP contribution in [0.2, 0.25) is 0 Å². The molecule has 2 saturated heterocycles. The quantitative estimate of drug-likeness (QED) is 0.443. The van der Waals surface area contributed by atoms with Gasteiger partial charge in [-0.3, -0.25) is 0 Å². The van der Waals surface area contributed by atoms with Crippen LogP contribution in [-0.4, -0.2) is 32.0 Å². The zero-order valence-corrected chi connectivity index (χ0v) is 20.4.